The van der Waals surface area contributed by atoms with Crippen LogP contribution in [0.4, 0.5) is 11.4 Å². The smallest absolute Gasteiger partial charge is 0.266 e. The highest BCUT2D eigenvalue weighted by Gasteiger charge is 2.25. The summed E-state index contributed by atoms with van der Waals surface area (Å²) in [6.07, 6.45) is 2.19. The largest absolute Gasteiger partial charge is 0.370 e. The van der Waals surface area contributed by atoms with Crippen molar-refractivity contribution < 1.29 is 13.2 Å². The monoisotopic (exact) mass is 421 g/mol. The van der Waals surface area contributed by atoms with Crippen LogP contribution in [0.1, 0.15) is 41.9 Å². The predicted molar refractivity (Wildman–Crippen MR) is 115 cm³/mol. The molecule has 1 aromatic carbocycles. The van der Waals surface area contributed by atoms with Gasteiger partial charge in [-0.25, -0.2) is 8.42 Å². The van der Waals surface area contributed by atoms with Gasteiger partial charge in [0.1, 0.15) is 0 Å². The first-order valence-corrected chi connectivity index (χ1v) is 11.9. The van der Waals surface area contributed by atoms with Gasteiger partial charge < -0.3 is 10.2 Å². The molecule has 0 bridgehead atoms. The zero-order chi connectivity index (χ0) is 20.3. The highest BCUT2D eigenvalue weighted by atomic mass is 32.2. The fourth-order valence-corrected chi connectivity index (χ4v) is 5.81. The molecule has 1 N–H and O–H groups in total. The summed E-state index contributed by atoms with van der Waals surface area (Å²) in [6.45, 7) is 8.16. The highest BCUT2D eigenvalue weighted by molar-refractivity contribution is 7.89. The van der Waals surface area contributed by atoms with E-state index in [4.69, 9.17) is 0 Å². The molecule has 0 aliphatic carbocycles. The Labute approximate surface area is 171 Å². The maximum Gasteiger partial charge on any atom is 0.266 e. The molecule has 28 heavy (non-hydrogen) atoms. The van der Waals surface area contributed by atoms with Crippen LogP contribution in [0.15, 0.2) is 34.5 Å². The minimum absolute atomic E-state index is 0.203. The Balaban J connectivity index is 2.01. The topological polar surface area (TPSA) is 69.7 Å². The maximum absolute atomic E-state index is 12.9. The molecule has 1 fully saturated rings. The van der Waals surface area contributed by atoms with E-state index >= 15 is 0 Å². The lowest BCUT2D eigenvalue weighted by Gasteiger charge is -2.24. The summed E-state index contributed by atoms with van der Waals surface area (Å²) in [5.41, 5.74) is 2.34. The van der Waals surface area contributed by atoms with Crippen molar-refractivity contribution in [2.24, 2.45) is 0 Å². The lowest BCUT2D eigenvalue weighted by atomic mass is 10.2. The predicted octanol–water partition coefficient (Wildman–Crippen LogP) is 3.94. The first kappa shape index (κ1) is 20.8. The zero-order valence-corrected chi connectivity index (χ0v) is 18.2. The van der Waals surface area contributed by atoms with Gasteiger partial charge in [-0.05, 0) is 55.0 Å². The van der Waals surface area contributed by atoms with E-state index in [1.54, 1.807) is 12.1 Å². The molecule has 2 heterocycles. The Hall–Kier alpha value is -1.90. The molecule has 6 nitrogen and oxygen atoms in total. The third kappa shape index (κ3) is 4.09. The van der Waals surface area contributed by atoms with Crippen LogP contribution in [0.3, 0.4) is 0 Å². The quantitative estimate of drug-likeness (QED) is 0.735. The molecule has 0 radical (unpaired) electrons. The van der Waals surface area contributed by atoms with Crippen LogP contribution in [-0.4, -0.2) is 44.8 Å². The number of hydrogen-bond donors (Lipinski definition) is 1. The van der Waals surface area contributed by atoms with Gasteiger partial charge in [0, 0.05) is 26.2 Å². The molecule has 1 amide bonds. The van der Waals surface area contributed by atoms with Gasteiger partial charge in [-0.3, -0.25) is 4.79 Å². The number of nitrogens with one attached hydrogen (secondary N) is 1. The SMILES string of the molecule is CCN(CC)S(=O)(=O)c1ccc(N2CCCC2)c(NC(=O)c2sccc2C)c1. The lowest BCUT2D eigenvalue weighted by molar-refractivity contribution is 0.103. The fraction of sp³-hybridized carbons (Fsp3) is 0.450. The van der Waals surface area contributed by atoms with Crippen molar-refractivity contribution in [1.82, 2.24) is 4.31 Å². The minimum Gasteiger partial charge on any atom is -0.370 e. The van der Waals surface area contributed by atoms with Crippen LogP contribution in [0.2, 0.25) is 0 Å². The van der Waals surface area contributed by atoms with Crippen molar-refractivity contribution >= 4 is 38.6 Å². The van der Waals surface area contributed by atoms with E-state index in [9.17, 15) is 13.2 Å². The van der Waals surface area contributed by atoms with Crippen molar-refractivity contribution in [3.63, 3.8) is 0 Å². The third-order valence-electron chi connectivity index (χ3n) is 5.07. The fourth-order valence-electron chi connectivity index (χ4n) is 3.51. The third-order valence-corrected chi connectivity index (χ3v) is 8.14. The zero-order valence-electron chi connectivity index (χ0n) is 16.6. The van der Waals surface area contributed by atoms with E-state index in [0.717, 1.165) is 37.2 Å². The van der Waals surface area contributed by atoms with Crippen LogP contribution >= 0.6 is 11.3 Å². The number of amides is 1. The molecule has 1 saturated heterocycles. The van der Waals surface area contributed by atoms with Gasteiger partial charge in [-0.2, -0.15) is 4.31 Å². The molecular weight excluding hydrogens is 394 g/mol. The second-order valence-corrected chi connectivity index (χ2v) is 9.70. The molecule has 0 atom stereocenters. The number of aryl methyl sites for hydroxylation is 1. The van der Waals surface area contributed by atoms with Crippen LogP contribution in [0, 0.1) is 6.92 Å². The molecule has 3 rings (SSSR count). The number of rotatable bonds is 7. The first-order chi connectivity index (χ1) is 13.4. The van der Waals surface area contributed by atoms with Crippen molar-refractivity contribution in [1.29, 1.82) is 0 Å². The Morgan fingerprint density at radius 1 is 1.18 bits per heavy atom. The lowest BCUT2D eigenvalue weighted by Crippen LogP contribution is -2.31. The molecule has 0 unspecified atom stereocenters. The standard InChI is InChI=1S/C20H27N3O3S2/c1-4-23(5-2)28(25,26)16-8-9-18(22-11-6-7-12-22)17(14-16)21-20(24)19-15(3)10-13-27-19/h8-10,13-14H,4-7,11-12H2,1-3H3,(H,21,24). The number of nitrogens with zero attached hydrogens (tertiary/aromatic N) is 2. The first-order valence-electron chi connectivity index (χ1n) is 9.63. The van der Waals surface area contributed by atoms with Crippen LogP contribution in [0.5, 0.6) is 0 Å². The number of carbonyl (C=O) groups excluding carboxylic acids is 1. The second-order valence-electron chi connectivity index (χ2n) is 6.85. The summed E-state index contributed by atoms with van der Waals surface area (Å²) in [7, 11) is -3.60. The molecule has 1 aromatic heterocycles. The summed E-state index contributed by atoms with van der Waals surface area (Å²) in [6, 6.07) is 6.97. The van der Waals surface area contributed by atoms with E-state index < -0.39 is 10.0 Å². The van der Waals surface area contributed by atoms with Crippen molar-refractivity contribution in [3.05, 3.63) is 40.1 Å². The molecule has 0 spiro atoms. The van der Waals surface area contributed by atoms with Crippen LogP contribution < -0.4 is 10.2 Å². The summed E-state index contributed by atoms with van der Waals surface area (Å²) in [5.74, 6) is -0.203. The van der Waals surface area contributed by atoms with Gasteiger partial charge in [0.15, 0.2) is 0 Å². The average Bonchev–Trinajstić information content (AvgIpc) is 3.34. The van der Waals surface area contributed by atoms with Crippen molar-refractivity contribution in [2.75, 3.05) is 36.4 Å². The van der Waals surface area contributed by atoms with Crippen molar-refractivity contribution in [3.8, 4) is 0 Å². The molecular formula is C20H27N3O3S2. The Bertz CT molecular complexity index is 943. The van der Waals surface area contributed by atoms with Gasteiger partial charge in [-0.15, -0.1) is 11.3 Å². The number of hydrogen-bond acceptors (Lipinski definition) is 5. The summed E-state index contributed by atoms with van der Waals surface area (Å²) >= 11 is 1.38. The molecule has 1 aliphatic heterocycles. The number of carbonyl (C=O) groups is 1. The molecule has 8 heteroatoms. The second kappa shape index (κ2) is 8.63. The molecule has 2 aromatic rings. The average molecular weight is 422 g/mol. The number of sulfonamides is 1. The molecule has 152 valence electrons. The summed E-state index contributed by atoms with van der Waals surface area (Å²) in [4.78, 5) is 15.8. The van der Waals surface area contributed by atoms with E-state index in [1.807, 2.05) is 38.3 Å². The van der Waals surface area contributed by atoms with E-state index in [-0.39, 0.29) is 10.8 Å². The Kier molecular flexibility index (Phi) is 6.42. The molecule has 1 aliphatic rings. The highest BCUT2D eigenvalue weighted by Crippen LogP contribution is 2.33. The van der Waals surface area contributed by atoms with Gasteiger partial charge in [-0.1, -0.05) is 13.8 Å². The van der Waals surface area contributed by atoms with Gasteiger partial charge in [0.25, 0.3) is 5.91 Å². The minimum atomic E-state index is -3.60. The van der Waals surface area contributed by atoms with Crippen LogP contribution in [-0.2, 0) is 10.0 Å². The summed E-state index contributed by atoms with van der Waals surface area (Å²) < 4.78 is 27.3. The maximum atomic E-state index is 12.9. The summed E-state index contributed by atoms with van der Waals surface area (Å²) in [5, 5.41) is 4.85. The van der Waals surface area contributed by atoms with Gasteiger partial charge in [0.2, 0.25) is 10.0 Å². The van der Waals surface area contributed by atoms with Crippen LogP contribution in [0.25, 0.3) is 0 Å². The number of thiophene rings is 1. The Morgan fingerprint density at radius 3 is 2.43 bits per heavy atom. The number of benzene rings is 1. The van der Waals surface area contributed by atoms with E-state index in [2.05, 4.69) is 10.2 Å². The van der Waals surface area contributed by atoms with Gasteiger partial charge >= 0.3 is 0 Å². The Morgan fingerprint density at radius 2 is 1.86 bits per heavy atom. The van der Waals surface area contributed by atoms with E-state index in [0.29, 0.717) is 23.7 Å². The number of anilines is 2. The molecule has 0 saturated carbocycles. The van der Waals surface area contributed by atoms with Gasteiger partial charge in [0.05, 0.1) is 21.1 Å². The normalized spacial score (nSPS) is 14.6. The van der Waals surface area contributed by atoms with E-state index in [1.165, 1.54) is 15.6 Å². The van der Waals surface area contributed by atoms with Crippen molar-refractivity contribution in [2.45, 2.75) is 38.5 Å².